The van der Waals surface area contributed by atoms with Crippen molar-refractivity contribution >= 4 is 18.4 Å². The van der Waals surface area contributed by atoms with Gasteiger partial charge >= 0.3 is 5.97 Å². The number of aliphatic carboxylic acids is 1. The molecule has 0 saturated heterocycles. The summed E-state index contributed by atoms with van der Waals surface area (Å²) in [5.41, 5.74) is 7.69. The molecule has 0 bridgehead atoms. The topological polar surface area (TPSA) is 63.3 Å². The molecule has 1 atom stereocenters. The van der Waals surface area contributed by atoms with Crippen LogP contribution < -0.4 is 5.73 Å². The normalized spacial score (nSPS) is 11.6. The molecule has 0 radical (unpaired) electrons. The minimum atomic E-state index is -0.805. The summed E-state index contributed by atoms with van der Waals surface area (Å²) in [6.07, 6.45) is 0.0968. The van der Waals surface area contributed by atoms with Crippen LogP contribution in [0.25, 0.3) is 0 Å². The first-order valence-corrected chi connectivity index (χ1v) is 4.62. The first-order valence-electron chi connectivity index (χ1n) is 4.62. The lowest BCUT2D eigenvalue weighted by atomic mass is 9.95. The Balaban J connectivity index is 0.00000196. The van der Waals surface area contributed by atoms with Gasteiger partial charge in [0.15, 0.2) is 0 Å². The number of hydrogen-bond donors (Lipinski definition) is 2. The summed E-state index contributed by atoms with van der Waals surface area (Å²) in [6.45, 7) is 2.37. The van der Waals surface area contributed by atoms with Gasteiger partial charge in [-0.15, -0.1) is 12.4 Å². The molecule has 0 spiro atoms. The minimum absolute atomic E-state index is 0. The molecular weight excluding hydrogens is 214 g/mol. The molecule has 0 aliphatic heterocycles. The summed E-state index contributed by atoms with van der Waals surface area (Å²) in [7, 11) is 0. The Morgan fingerprint density at radius 3 is 2.33 bits per heavy atom. The highest BCUT2D eigenvalue weighted by molar-refractivity contribution is 5.85. The van der Waals surface area contributed by atoms with Crippen molar-refractivity contribution in [1.82, 2.24) is 0 Å². The monoisotopic (exact) mass is 229 g/mol. The van der Waals surface area contributed by atoms with Gasteiger partial charge in [0.2, 0.25) is 0 Å². The molecule has 1 aromatic carbocycles. The third-order valence-electron chi connectivity index (χ3n) is 2.25. The van der Waals surface area contributed by atoms with Crippen LogP contribution in [0, 0.1) is 6.92 Å². The van der Waals surface area contributed by atoms with Gasteiger partial charge in [0.05, 0.1) is 6.42 Å². The Morgan fingerprint density at radius 2 is 1.93 bits per heavy atom. The molecule has 0 amide bonds. The van der Waals surface area contributed by atoms with Gasteiger partial charge in [-0.3, -0.25) is 4.79 Å². The number of nitrogens with two attached hydrogens (primary N) is 1. The minimum Gasteiger partial charge on any atom is -0.481 e. The second-order valence-electron chi connectivity index (χ2n) is 3.44. The number of aryl methyl sites for hydroxylation is 1. The first-order chi connectivity index (χ1) is 6.63. The second-order valence-corrected chi connectivity index (χ2v) is 3.44. The zero-order valence-corrected chi connectivity index (χ0v) is 9.46. The van der Waals surface area contributed by atoms with E-state index in [-0.39, 0.29) is 24.7 Å². The van der Waals surface area contributed by atoms with Crippen LogP contribution in [0.5, 0.6) is 0 Å². The van der Waals surface area contributed by atoms with Gasteiger partial charge in [-0.2, -0.15) is 0 Å². The van der Waals surface area contributed by atoms with Crippen LogP contribution in [-0.2, 0) is 4.79 Å². The number of carboxylic acids is 1. The highest BCUT2D eigenvalue weighted by Gasteiger charge is 2.13. The van der Waals surface area contributed by atoms with E-state index in [2.05, 4.69) is 0 Å². The number of halogens is 1. The fourth-order valence-electron chi connectivity index (χ4n) is 1.39. The van der Waals surface area contributed by atoms with Crippen molar-refractivity contribution in [2.45, 2.75) is 19.3 Å². The van der Waals surface area contributed by atoms with Gasteiger partial charge in [0, 0.05) is 5.92 Å². The van der Waals surface area contributed by atoms with E-state index in [4.69, 9.17) is 10.8 Å². The molecule has 1 aromatic rings. The summed E-state index contributed by atoms with van der Waals surface area (Å²) in [6, 6.07) is 7.82. The average Bonchev–Trinajstić information content (AvgIpc) is 2.15. The molecule has 0 heterocycles. The predicted molar refractivity (Wildman–Crippen MR) is 62.5 cm³/mol. The molecule has 3 N–H and O–H groups in total. The van der Waals surface area contributed by atoms with E-state index in [0.717, 1.165) is 5.56 Å². The van der Waals surface area contributed by atoms with E-state index in [1.54, 1.807) is 0 Å². The summed E-state index contributed by atoms with van der Waals surface area (Å²) >= 11 is 0. The second kappa shape index (κ2) is 6.43. The number of benzene rings is 1. The molecule has 3 nitrogen and oxygen atoms in total. The van der Waals surface area contributed by atoms with E-state index in [1.807, 2.05) is 31.2 Å². The molecule has 0 unspecified atom stereocenters. The third-order valence-corrected chi connectivity index (χ3v) is 2.25. The summed E-state index contributed by atoms with van der Waals surface area (Å²) in [4.78, 5) is 10.6. The average molecular weight is 230 g/mol. The van der Waals surface area contributed by atoms with Crippen LogP contribution >= 0.6 is 12.4 Å². The van der Waals surface area contributed by atoms with Crippen LogP contribution in [0.15, 0.2) is 24.3 Å². The van der Waals surface area contributed by atoms with Crippen molar-refractivity contribution < 1.29 is 9.90 Å². The quantitative estimate of drug-likeness (QED) is 0.830. The molecule has 1 rings (SSSR count). The Labute approximate surface area is 95.7 Å². The fraction of sp³-hybridized carbons (Fsp3) is 0.364. The van der Waals surface area contributed by atoms with Gasteiger partial charge in [-0.1, -0.05) is 29.8 Å². The van der Waals surface area contributed by atoms with Crippen molar-refractivity contribution in [3.8, 4) is 0 Å². The van der Waals surface area contributed by atoms with Gasteiger partial charge in [0.1, 0.15) is 0 Å². The Bertz CT molecular complexity index is 311. The Kier molecular flexibility index (Phi) is 5.97. The third kappa shape index (κ3) is 4.32. The lowest BCUT2D eigenvalue weighted by Gasteiger charge is -2.12. The molecule has 0 aliphatic carbocycles. The number of rotatable bonds is 4. The smallest absolute Gasteiger partial charge is 0.304 e. The molecule has 4 heteroatoms. The largest absolute Gasteiger partial charge is 0.481 e. The Hall–Kier alpha value is -1.06. The zero-order chi connectivity index (χ0) is 10.6. The van der Waals surface area contributed by atoms with E-state index >= 15 is 0 Å². The lowest BCUT2D eigenvalue weighted by Crippen LogP contribution is -2.16. The fourth-order valence-corrected chi connectivity index (χ4v) is 1.39. The summed E-state index contributed by atoms with van der Waals surface area (Å²) in [5.74, 6) is -0.880. The predicted octanol–water partition coefficient (Wildman–Crippen LogP) is 1.93. The molecule has 0 aliphatic rings. The van der Waals surface area contributed by atoms with Gasteiger partial charge in [-0.25, -0.2) is 0 Å². The van der Waals surface area contributed by atoms with E-state index in [0.29, 0.717) is 6.54 Å². The Morgan fingerprint density at radius 1 is 1.40 bits per heavy atom. The highest BCUT2D eigenvalue weighted by Crippen LogP contribution is 2.18. The molecular formula is C11H16ClNO2. The number of hydrogen-bond acceptors (Lipinski definition) is 2. The van der Waals surface area contributed by atoms with Crippen LogP contribution in [-0.4, -0.2) is 17.6 Å². The standard InChI is InChI=1S/C11H15NO2.ClH/c1-8-2-4-9(5-3-8)10(7-12)6-11(13)14;/h2-5,10H,6-7,12H2,1H3,(H,13,14);1H/t10-;/m0./s1. The maximum atomic E-state index is 10.6. The summed E-state index contributed by atoms with van der Waals surface area (Å²) < 4.78 is 0. The molecule has 0 saturated carbocycles. The summed E-state index contributed by atoms with van der Waals surface area (Å²) in [5, 5.41) is 8.68. The van der Waals surface area contributed by atoms with Crippen molar-refractivity contribution in [2.75, 3.05) is 6.54 Å². The van der Waals surface area contributed by atoms with E-state index in [1.165, 1.54) is 5.56 Å². The lowest BCUT2D eigenvalue weighted by molar-refractivity contribution is -0.137. The molecule has 84 valence electrons. The van der Waals surface area contributed by atoms with Gasteiger partial charge < -0.3 is 10.8 Å². The van der Waals surface area contributed by atoms with Crippen molar-refractivity contribution in [1.29, 1.82) is 0 Å². The van der Waals surface area contributed by atoms with E-state index < -0.39 is 5.97 Å². The first kappa shape index (κ1) is 13.9. The van der Waals surface area contributed by atoms with Gasteiger partial charge in [0.25, 0.3) is 0 Å². The van der Waals surface area contributed by atoms with Crippen LogP contribution in [0.1, 0.15) is 23.5 Å². The van der Waals surface area contributed by atoms with Crippen LogP contribution in [0.3, 0.4) is 0 Å². The van der Waals surface area contributed by atoms with E-state index in [9.17, 15) is 4.79 Å². The maximum Gasteiger partial charge on any atom is 0.304 e. The van der Waals surface area contributed by atoms with Crippen molar-refractivity contribution in [2.24, 2.45) is 5.73 Å². The molecule has 0 fully saturated rings. The van der Waals surface area contributed by atoms with Crippen molar-refractivity contribution in [3.63, 3.8) is 0 Å². The number of carbonyl (C=O) groups is 1. The zero-order valence-electron chi connectivity index (χ0n) is 8.64. The highest BCUT2D eigenvalue weighted by atomic mass is 35.5. The molecule has 15 heavy (non-hydrogen) atoms. The van der Waals surface area contributed by atoms with Gasteiger partial charge in [-0.05, 0) is 19.0 Å². The van der Waals surface area contributed by atoms with Crippen LogP contribution in [0.4, 0.5) is 0 Å². The van der Waals surface area contributed by atoms with Crippen molar-refractivity contribution in [3.05, 3.63) is 35.4 Å². The molecule has 0 aromatic heterocycles. The maximum absolute atomic E-state index is 10.6. The number of carboxylic acid groups (broad SMARTS) is 1. The SMILES string of the molecule is Cc1ccc([C@H](CN)CC(=O)O)cc1.Cl. The van der Waals surface area contributed by atoms with Crippen LogP contribution in [0.2, 0.25) is 0 Å².